The molecule has 0 fully saturated rings. The van der Waals surface area contributed by atoms with Crippen molar-refractivity contribution in [2.75, 3.05) is 5.75 Å². The first-order valence-corrected chi connectivity index (χ1v) is 5.24. The number of carboxylic acids is 1. The van der Waals surface area contributed by atoms with Crippen LogP contribution in [0.2, 0.25) is 0 Å². The molecule has 0 rings (SSSR count). The Morgan fingerprint density at radius 2 is 2.33 bits per heavy atom. The molecule has 3 heteroatoms. The quantitative estimate of drug-likeness (QED) is 0.514. The molecule has 1 unspecified atom stereocenters. The van der Waals surface area contributed by atoms with E-state index < -0.39 is 5.97 Å². The van der Waals surface area contributed by atoms with Gasteiger partial charge in [-0.1, -0.05) is 19.4 Å². The molecule has 0 aliphatic heterocycles. The van der Waals surface area contributed by atoms with E-state index in [0.717, 1.165) is 5.75 Å². The highest BCUT2D eigenvalue weighted by atomic mass is 32.2. The average molecular weight is 188 g/mol. The van der Waals surface area contributed by atoms with Crippen molar-refractivity contribution in [3.63, 3.8) is 0 Å². The topological polar surface area (TPSA) is 37.3 Å². The summed E-state index contributed by atoms with van der Waals surface area (Å²) in [4.78, 5) is 10.1. The summed E-state index contributed by atoms with van der Waals surface area (Å²) in [5.41, 5.74) is 0. The molecule has 0 aromatic rings. The Bertz CT molecular complexity index is 155. The lowest BCUT2D eigenvalue weighted by molar-refractivity contribution is -0.131. The minimum Gasteiger partial charge on any atom is -0.478 e. The first-order chi connectivity index (χ1) is 5.66. The van der Waals surface area contributed by atoms with Crippen molar-refractivity contribution in [2.45, 2.75) is 31.9 Å². The van der Waals surface area contributed by atoms with Gasteiger partial charge in [-0.15, -0.1) is 0 Å². The second-order valence-electron chi connectivity index (χ2n) is 2.63. The fourth-order valence-corrected chi connectivity index (χ4v) is 1.70. The molecule has 1 N–H and O–H groups in total. The van der Waals surface area contributed by atoms with E-state index in [1.54, 1.807) is 17.8 Å². The van der Waals surface area contributed by atoms with Crippen molar-refractivity contribution in [3.8, 4) is 0 Å². The standard InChI is InChI=1S/C9H16O2S/c1-3-4-7-12-8(2)5-6-9(10)11/h5-6,8H,3-4,7H2,1-2H3,(H,10,11). The maximum atomic E-state index is 10.1. The molecule has 0 bridgehead atoms. The monoisotopic (exact) mass is 188 g/mol. The molecule has 0 aliphatic rings. The number of carbonyl (C=O) groups is 1. The summed E-state index contributed by atoms with van der Waals surface area (Å²) in [6, 6.07) is 0. The van der Waals surface area contributed by atoms with Gasteiger partial charge in [-0.25, -0.2) is 4.79 Å². The normalized spacial score (nSPS) is 13.5. The molecule has 1 atom stereocenters. The number of unbranched alkanes of at least 4 members (excludes halogenated alkanes) is 1. The summed E-state index contributed by atoms with van der Waals surface area (Å²) < 4.78 is 0. The fourth-order valence-electron chi connectivity index (χ4n) is 0.687. The maximum absolute atomic E-state index is 10.1. The highest BCUT2D eigenvalue weighted by molar-refractivity contribution is 8.00. The van der Waals surface area contributed by atoms with Crippen molar-refractivity contribution >= 4 is 17.7 Å². The number of rotatable bonds is 6. The van der Waals surface area contributed by atoms with E-state index in [0.29, 0.717) is 5.25 Å². The molecule has 0 spiro atoms. The third-order valence-corrected chi connectivity index (χ3v) is 2.60. The van der Waals surface area contributed by atoms with Crippen molar-refractivity contribution in [1.29, 1.82) is 0 Å². The van der Waals surface area contributed by atoms with Gasteiger partial charge in [-0.05, 0) is 19.1 Å². The van der Waals surface area contributed by atoms with Crippen LogP contribution in [0.4, 0.5) is 0 Å². The zero-order valence-electron chi connectivity index (χ0n) is 7.62. The van der Waals surface area contributed by atoms with Crippen molar-refractivity contribution in [2.24, 2.45) is 0 Å². The van der Waals surface area contributed by atoms with Crippen LogP contribution in [0.15, 0.2) is 12.2 Å². The van der Waals surface area contributed by atoms with Crippen LogP contribution in [0.1, 0.15) is 26.7 Å². The smallest absolute Gasteiger partial charge is 0.328 e. The molecular weight excluding hydrogens is 172 g/mol. The molecule has 0 aromatic carbocycles. The van der Waals surface area contributed by atoms with Crippen LogP contribution in [0, 0.1) is 0 Å². The number of hydrogen-bond acceptors (Lipinski definition) is 2. The van der Waals surface area contributed by atoms with Gasteiger partial charge in [-0.3, -0.25) is 0 Å². The van der Waals surface area contributed by atoms with Gasteiger partial charge in [0.1, 0.15) is 0 Å². The zero-order valence-corrected chi connectivity index (χ0v) is 8.43. The highest BCUT2D eigenvalue weighted by Gasteiger charge is 1.97. The van der Waals surface area contributed by atoms with Crippen LogP contribution in [0.5, 0.6) is 0 Å². The first kappa shape index (κ1) is 11.6. The minimum atomic E-state index is -0.863. The molecule has 0 saturated heterocycles. The highest BCUT2D eigenvalue weighted by Crippen LogP contribution is 2.13. The molecule has 0 heterocycles. The van der Waals surface area contributed by atoms with Crippen LogP contribution in [-0.2, 0) is 4.79 Å². The summed E-state index contributed by atoms with van der Waals surface area (Å²) in [6.45, 7) is 4.16. The summed E-state index contributed by atoms with van der Waals surface area (Å²) in [5, 5.41) is 8.65. The first-order valence-electron chi connectivity index (χ1n) is 4.19. The van der Waals surface area contributed by atoms with Crippen LogP contribution in [-0.4, -0.2) is 22.1 Å². The Kier molecular flexibility index (Phi) is 6.96. The summed E-state index contributed by atoms with van der Waals surface area (Å²) in [5.74, 6) is 0.250. The van der Waals surface area contributed by atoms with Crippen LogP contribution in [0.3, 0.4) is 0 Å². The van der Waals surface area contributed by atoms with Crippen molar-refractivity contribution in [1.82, 2.24) is 0 Å². The lowest BCUT2D eigenvalue weighted by Crippen LogP contribution is -1.95. The lowest BCUT2D eigenvalue weighted by atomic mass is 10.4. The van der Waals surface area contributed by atoms with Gasteiger partial charge in [0.2, 0.25) is 0 Å². The summed E-state index contributed by atoms with van der Waals surface area (Å²) >= 11 is 1.79. The Morgan fingerprint density at radius 3 is 2.83 bits per heavy atom. The average Bonchev–Trinajstić information content (AvgIpc) is 2.01. The Morgan fingerprint density at radius 1 is 1.67 bits per heavy atom. The van der Waals surface area contributed by atoms with Crippen molar-refractivity contribution in [3.05, 3.63) is 12.2 Å². The van der Waals surface area contributed by atoms with Crippen LogP contribution < -0.4 is 0 Å². The van der Waals surface area contributed by atoms with E-state index in [2.05, 4.69) is 6.92 Å². The molecule has 2 nitrogen and oxygen atoms in total. The van der Waals surface area contributed by atoms with E-state index in [1.807, 2.05) is 6.92 Å². The van der Waals surface area contributed by atoms with Gasteiger partial charge >= 0.3 is 5.97 Å². The van der Waals surface area contributed by atoms with Gasteiger partial charge in [0.25, 0.3) is 0 Å². The Labute approximate surface area is 78.0 Å². The number of thioether (sulfide) groups is 1. The SMILES string of the molecule is CCCCSC(C)C=CC(=O)O. The molecule has 0 saturated carbocycles. The van der Waals surface area contributed by atoms with Gasteiger partial charge in [0, 0.05) is 11.3 Å². The lowest BCUT2D eigenvalue weighted by Gasteiger charge is -2.03. The van der Waals surface area contributed by atoms with Gasteiger partial charge in [0.15, 0.2) is 0 Å². The Balaban J connectivity index is 3.45. The van der Waals surface area contributed by atoms with E-state index in [4.69, 9.17) is 5.11 Å². The molecule has 12 heavy (non-hydrogen) atoms. The number of hydrogen-bond donors (Lipinski definition) is 1. The van der Waals surface area contributed by atoms with Gasteiger partial charge in [-0.2, -0.15) is 11.8 Å². The van der Waals surface area contributed by atoms with Crippen LogP contribution in [0.25, 0.3) is 0 Å². The second kappa shape index (κ2) is 7.22. The van der Waals surface area contributed by atoms with E-state index >= 15 is 0 Å². The fraction of sp³-hybridized carbons (Fsp3) is 0.667. The third-order valence-electron chi connectivity index (χ3n) is 1.39. The Hall–Kier alpha value is -0.440. The minimum absolute atomic E-state index is 0.313. The summed E-state index contributed by atoms with van der Waals surface area (Å²) in [7, 11) is 0. The van der Waals surface area contributed by atoms with E-state index in [1.165, 1.54) is 18.9 Å². The molecule has 0 aromatic heterocycles. The van der Waals surface area contributed by atoms with Gasteiger partial charge in [0.05, 0.1) is 0 Å². The predicted octanol–water partition coefficient (Wildman–Crippen LogP) is 2.55. The molecular formula is C9H16O2S. The van der Waals surface area contributed by atoms with Crippen LogP contribution >= 0.6 is 11.8 Å². The molecule has 0 radical (unpaired) electrons. The van der Waals surface area contributed by atoms with E-state index in [9.17, 15) is 4.79 Å². The number of aliphatic carboxylic acids is 1. The maximum Gasteiger partial charge on any atom is 0.328 e. The largest absolute Gasteiger partial charge is 0.478 e. The number of carboxylic acid groups (broad SMARTS) is 1. The predicted molar refractivity (Wildman–Crippen MR) is 53.6 cm³/mol. The third kappa shape index (κ3) is 7.66. The summed E-state index contributed by atoms with van der Waals surface area (Å²) in [6.07, 6.45) is 5.34. The molecule has 70 valence electrons. The molecule has 0 amide bonds. The second-order valence-corrected chi connectivity index (χ2v) is 4.11. The van der Waals surface area contributed by atoms with Crippen molar-refractivity contribution < 1.29 is 9.90 Å². The van der Waals surface area contributed by atoms with E-state index in [-0.39, 0.29) is 0 Å². The molecule has 0 aliphatic carbocycles. The zero-order chi connectivity index (χ0) is 9.40. The van der Waals surface area contributed by atoms with Gasteiger partial charge < -0.3 is 5.11 Å².